The van der Waals surface area contributed by atoms with Gasteiger partial charge in [-0.2, -0.15) is 0 Å². The summed E-state index contributed by atoms with van der Waals surface area (Å²) in [6.45, 7) is 6.61. The summed E-state index contributed by atoms with van der Waals surface area (Å²) in [6.07, 6.45) is 88.6. The fraction of sp³-hybridized carbons (Fsp3) is 0.853. The summed E-state index contributed by atoms with van der Waals surface area (Å²) < 4.78 is 17.0. The highest BCUT2D eigenvalue weighted by atomic mass is 16.6. The van der Waals surface area contributed by atoms with Crippen molar-refractivity contribution in [3.63, 3.8) is 0 Å². The fourth-order valence-electron chi connectivity index (χ4n) is 11.0. The van der Waals surface area contributed by atoms with E-state index in [2.05, 4.69) is 69.4 Å². The van der Waals surface area contributed by atoms with Crippen LogP contribution in [0.4, 0.5) is 0 Å². The maximum absolute atomic E-state index is 13.0. The first-order valence-electron chi connectivity index (χ1n) is 36.1. The highest BCUT2D eigenvalue weighted by Crippen LogP contribution is 2.19. The van der Waals surface area contributed by atoms with Gasteiger partial charge in [0.2, 0.25) is 0 Å². The van der Waals surface area contributed by atoms with E-state index in [1.807, 2.05) is 0 Å². The molecule has 0 bridgehead atoms. The molecule has 0 saturated heterocycles. The molecule has 0 spiro atoms. The summed E-state index contributed by atoms with van der Waals surface area (Å²) in [6, 6.07) is 0. The Morgan fingerprint density at radius 2 is 0.481 bits per heavy atom. The van der Waals surface area contributed by atoms with Gasteiger partial charge in [0.15, 0.2) is 6.10 Å². The number of hydrogen-bond acceptors (Lipinski definition) is 6. The lowest BCUT2D eigenvalue weighted by Gasteiger charge is -2.18. The molecule has 1 atom stereocenters. The minimum absolute atomic E-state index is 0.0650. The molecule has 474 valence electrons. The van der Waals surface area contributed by atoms with Crippen molar-refractivity contribution in [1.82, 2.24) is 0 Å². The molecule has 0 saturated carbocycles. The fourth-order valence-corrected chi connectivity index (χ4v) is 11.0. The lowest BCUT2D eigenvalue weighted by atomic mass is 10.0. The molecule has 0 aliphatic rings. The van der Waals surface area contributed by atoms with Gasteiger partial charge in [-0.15, -0.1) is 0 Å². The quantitative estimate of drug-likeness (QED) is 0.0261. The van der Waals surface area contributed by atoms with Gasteiger partial charge in [0.1, 0.15) is 13.2 Å². The zero-order valence-corrected chi connectivity index (χ0v) is 54.6. The predicted octanol–water partition coefficient (Wildman–Crippen LogP) is 24.9. The van der Waals surface area contributed by atoms with Crippen LogP contribution in [-0.2, 0) is 28.6 Å². The van der Waals surface area contributed by atoms with E-state index in [1.165, 1.54) is 270 Å². The minimum atomic E-state index is -0.769. The van der Waals surface area contributed by atoms with Crippen LogP contribution in [0.25, 0.3) is 0 Å². The number of hydrogen-bond donors (Lipinski definition) is 0. The molecular formula is C75H138O6. The summed E-state index contributed by atoms with van der Waals surface area (Å²) >= 11 is 0. The van der Waals surface area contributed by atoms with E-state index < -0.39 is 6.10 Å². The van der Waals surface area contributed by atoms with Gasteiger partial charge in [-0.05, 0) is 57.8 Å². The zero-order valence-electron chi connectivity index (χ0n) is 54.6. The first kappa shape index (κ1) is 78.4. The Kier molecular flexibility index (Phi) is 67.6. The van der Waals surface area contributed by atoms with Crippen LogP contribution in [0.5, 0.6) is 0 Å². The Morgan fingerprint density at radius 3 is 0.753 bits per heavy atom. The van der Waals surface area contributed by atoms with Gasteiger partial charge in [-0.25, -0.2) is 0 Å². The van der Waals surface area contributed by atoms with Crippen LogP contribution in [-0.4, -0.2) is 37.2 Å². The van der Waals surface area contributed by atoms with E-state index in [9.17, 15) is 14.4 Å². The third kappa shape index (κ3) is 68.0. The van der Waals surface area contributed by atoms with E-state index in [0.29, 0.717) is 19.3 Å². The zero-order chi connectivity index (χ0) is 58.5. The van der Waals surface area contributed by atoms with E-state index in [-0.39, 0.29) is 31.1 Å². The smallest absolute Gasteiger partial charge is 0.306 e. The average Bonchev–Trinajstić information content (AvgIpc) is 3.47. The first-order chi connectivity index (χ1) is 40.0. The van der Waals surface area contributed by atoms with Gasteiger partial charge >= 0.3 is 17.9 Å². The number of allylic oxidation sites excluding steroid dienone is 8. The molecule has 0 heterocycles. The van der Waals surface area contributed by atoms with E-state index >= 15 is 0 Å². The van der Waals surface area contributed by atoms with Gasteiger partial charge in [0.25, 0.3) is 0 Å². The van der Waals surface area contributed by atoms with Crippen LogP contribution in [0.2, 0.25) is 0 Å². The molecule has 0 aromatic carbocycles. The molecule has 81 heavy (non-hydrogen) atoms. The number of ether oxygens (including phenoxy) is 3. The van der Waals surface area contributed by atoms with Crippen molar-refractivity contribution in [3.05, 3.63) is 48.6 Å². The molecule has 6 nitrogen and oxygen atoms in total. The average molecular weight is 1140 g/mol. The first-order valence-corrected chi connectivity index (χ1v) is 36.1. The maximum atomic E-state index is 13.0. The molecule has 1 unspecified atom stereocenters. The summed E-state index contributed by atoms with van der Waals surface area (Å²) in [5.41, 5.74) is 0. The van der Waals surface area contributed by atoms with Crippen LogP contribution in [0, 0.1) is 0 Å². The monoisotopic (exact) mass is 1140 g/mol. The molecule has 0 aliphatic heterocycles. The standard InChI is InChI=1S/C75H138O6/c1-4-7-10-13-16-19-22-25-28-31-32-33-34-35-36-37-38-39-40-41-42-45-47-50-53-56-59-62-65-68-74(77)80-71-72(81-75(78)69-66-63-60-57-54-51-48-44-30-27-24-21-18-15-12-9-6-3)70-79-73(76)67-64-61-58-55-52-49-46-43-29-26-23-20-17-14-11-8-5-2/h7,10,16,19,25,28,32-33,72H,4-6,8-9,11-15,17-18,20-24,26-27,29-31,34-71H2,1-3H3/b10-7-,19-16-,28-25-,33-32-. The van der Waals surface area contributed by atoms with Crippen molar-refractivity contribution in [1.29, 1.82) is 0 Å². The summed E-state index contributed by atoms with van der Waals surface area (Å²) in [5.74, 6) is -0.832. The largest absolute Gasteiger partial charge is 0.462 e. The van der Waals surface area contributed by atoms with Gasteiger partial charge in [0.05, 0.1) is 0 Å². The molecule has 0 radical (unpaired) electrons. The Bertz CT molecular complexity index is 1400. The molecule has 0 rings (SSSR count). The Labute approximate surface area is 505 Å². The van der Waals surface area contributed by atoms with Crippen molar-refractivity contribution >= 4 is 17.9 Å². The highest BCUT2D eigenvalue weighted by molar-refractivity contribution is 5.71. The van der Waals surface area contributed by atoms with Crippen molar-refractivity contribution in [2.75, 3.05) is 13.2 Å². The van der Waals surface area contributed by atoms with Crippen molar-refractivity contribution in [3.8, 4) is 0 Å². The summed E-state index contributed by atoms with van der Waals surface area (Å²) in [4.78, 5) is 38.5. The molecular weight excluding hydrogens is 997 g/mol. The third-order valence-electron chi connectivity index (χ3n) is 16.3. The molecule has 0 amide bonds. The number of unbranched alkanes of at least 4 members (excludes halogenated alkanes) is 48. The second kappa shape index (κ2) is 69.9. The van der Waals surface area contributed by atoms with Crippen molar-refractivity contribution in [2.24, 2.45) is 0 Å². The number of carbonyl (C=O) groups is 3. The normalized spacial score (nSPS) is 12.3. The highest BCUT2D eigenvalue weighted by Gasteiger charge is 2.19. The number of carbonyl (C=O) groups excluding carboxylic acids is 3. The minimum Gasteiger partial charge on any atom is -0.462 e. The van der Waals surface area contributed by atoms with Gasteiger partial charge in [-0.3, -0.25) is 14.4 Å². The topological polar surface area (TPSA) is 78.9 Å². The third-order valence-corrected chi connectivity index (χ3v) is 16.3. The van der Waals surface area contributed by atoms with E-state index in [0.717, 1.165) is 83.5 Å². The lowest BCUT2D eigenvalue weighted by molar-refractivity contribution is -0.167. The Hall–Kier alpha value is -2.63. The van der Waals surface area contributed by atoms with Gasteiger partial charge in [-0.1, -0.05) is 365 Å². The Balaban J connectivity index is 4.22. The van der Waals surface area contributed by atoms with Crippen LogP contribution >= 0.6 is 0 Å². The van der Waals surface area contributed by atoms with Crippen LogP contribution in [0.15, 0.2) is 48.6 Å². The van der Waals surface area contributed by atoms with Crippen molar-refractivity contribution in [2.45, 2.75) is 399 Å². The van der Waals surface area contributed by atoms with E-state index in [4.69, 9.17) is 14.2 Å². The number of rotatable bonds is 67. The molecule has 0 fully saturated rings. The van der Waals surface area contributed by atoms with E-state index in [1.54, 1.807) is 0 Å². The van der Waals surface area contributed by atoms with Crippen LogP contribution in [0.3, 0.4) is 0 Å². The molecule has 0 aromatic rings. The molecule has 0 aliphatic carbocycles. The van der Waals surface area contributed by atoms with Crippen LogP contribution in [0.1, 0.15) is 393 Å². The molecule has 6 heteroatoms. The lowest BCUT2D eigenvalue weighted by Crippen LogP contribution is -2.30. The van der Waals surface area contributed by atoms with Gasteiger partial charge < -0.3 is 14.2 Å². The van der Waals surface area contributed by atoms with Crippen molar-refractivity contribution < 1.29 is 28.6 Å². The SMILES string of the molecule is CC/C=C\C/C=C\C/C=C\C/C=C\CCCCCCCCCCCCCCCCCCC(=O)OCC(COC(=O)CCCCCCCCCCCCCCCCCCC)OC(=O)CCCCCCCCCCCCCCCCCCC. The van der Waals surface area contributed by atoms with Gasteiger partial charge in [0, 0.05) is 19.3 Å². The maximum Gasteiger partial charge on any atom is 0.306 e. The van der Waals surface area contributed by atoms with Crippen LogP contribution < -0.4 is 0 Å². The summed E-state index contributed by atoms with van der Waals surface area (Å²) in [5, 5.41) is 0. The molecule has 0 aromatic heterocycles. The summed E-state index contributed by atoms with van der Waals surface area (Å²) in [7, 11) is 0. The second-order valence-corrected chi connectivity index (χ2v) is 24.5. The Morgan fingerprint density at radius 1 is 0.259 bits per heavy atom. The second-order valence-electron chi connectivity index (χ2n) is 24.5. The molecule has 0 N–H and O–H groups in total. The predicted molar refractivity (Wildman–Crippen MR) is 353 cm³/mol. The number of esters is 3.